The molecule has 0 bridgehead atoms. The molecule has 1 fully saturated rings. The normalized spacial score (nSPS) is 14.6. The molecule has 34 heavy (non-hydrogen) atoms. The smallest absolute Gasteiger partial charge is 0.336 e. The molecule has 8 nitrogen and oxygen atoms in total. The number of rotatable bonds is 7. The van der Waals surface area contributed by atoms with Gasteiger partial charge in [-0.05, 0) is 54.4 Å². The minimum atomic E-state index is -1.09. The van der Waals surface area contributed by atoms with Crippen LogP contribution in [0.25, 0.3) is 17.4 Å². The van der Waals surface area contributed by atoms with E-state index in [4.69, 9.17) is 4.42 Å². The summed E-state index contributed by atoms with van der Waals surface area (Å²) in [6, 6.07) is 16.8. The van der Waals surface area contributed by atoms with Gasteiger partial charge in [-0.25, -0.2) is 4.79 Å². The minimum Gasteiger partial charge on any atom is -0.478 e. The lowest BCUT2D eigenvalue weighted by molar-refractivity contribution is -0.127. The number of nitrogens with one attached hydrogen (secondary N) is 1. The minimum absolute atomic E-state index is 0.0813. The number of amides is 3. The second-order valence-electron chi connectivity index (χ2n) is 7.10. The molecule has 4 rings (SSSR count). The van der Waals surface area contributed by atoms with Gasteiger partial charge in [-0.2, -0.15) is 0 Å². The molecule has 0 saturated carbocycles. The molecule has 2 heterocycles. The van der Waals surface area contributed by atoms with Crippen LogP contribution in [0.1, 0.15) is 16.1 Å². The summed E-state index contributed by atoms with van der Waals surface area (Å²) in [5, 5.41) is 11.5. The number of hydrogen-bond acceptors (Lipinski definition) is 7. The molecule has 0 aliphatic carbocycles. The number of carboxylic acid groups (broad SMARTS) is 1. The molecule has 172 valence electrons. The molecule has 0 radical (unpaired) electrons. The highest BCUT2D eigenvalue weighted by Gasteiger charge is 2.36. The summed E-state index contributed by atoms with van der Waals surface area (Å²) >= 11 is 2.23. The van der Waals surface area contributed by atoms with Crippen molar-refractivity contribution in [3.63, 3.8) is 0 Å². The third kappa shape index (κ3) is 5.08. The van der Waals surface area contributed by atoms with E-state index in [1.54, 1.807) is 48.5 Å². The van der Waals surface area contributed by atoms with Gasteiger partial charge in [-0.15, -0.1) is 11.8 Å². The van der Waals surface area contributed by atoms with Crippen LogP contribution in [0.15, 0.2) is 74.9 Å². The number of hydrogen-bond donors (Lipinski definition) is 2. The Bertz CT molecular complexity index is 1330. The van der Waals surface area contributed by atoms with Gasteiger partial charge in [0.25, 0.3) is 11.1 Å². The van der Waals surface area contributed by atoms with E-state index in [1.807, 2.05) is 12.3 Å². The van der Waals surface area contributed by atoms with E-state index >= 15 is 0 Å². The van der Waals surface area contributed by atoms with Crippen LogP contribution in [0.4, 0.5) is 10.5 Å². The SMILES string of the molecule is CSc1cccc(NC(=O)CN2C(=O)S/C(=C\c3ccc(-c4ccccc4C(=O)O)o3)C2=O)c1. The molecule has 10 heteroatoms. The number of furan rings is 1. The molecular weight excluding hydrogens is 476 g/mol. The molecule has 1 aliphatic heterocycles. The number of imide groups is 1. The standard InChI is InChI=1S/C24H18N2O6S2/c1-33-16-6-4-5-14(11-16)25-21(27)13-26-22(28)20(34-24(26)31)12-15-9-10-19(32-15)17-7-2-3-8-18(17)23(29)30/h2-12H,13H2,1H3,(H,25,27)(H,29,30)/b20-12-. The average molecular weight is 495 g/mol. The summed E-state index contributed by atoms with van der Waals surface area (Å²) in [6.07, 6.45) is 3.32. The van der Waals surface area contributed by atoms with Crippen LogP contribution in [-0.4, -0.2) is 45.8 Å². The number of anilines is 1. The number of carbonyl (C=O) groups is 4. The van der Waals surface area contributed by atoms with Crippen LogP contribution in [0.5, 0.6) is 0 Å². The van der Waals surface area contributed by atoms with E-state index in [0.717, 1.165) is 9.80 Å². The number of benzene rings is 2. The fourth-order valence-corrected chi connectivity index (χ4v) is 4.55. The third-order valence-corrected chi connectivity index (χ3v) is 6.48. The highest BCUT2D eigenvalue weighted by molar-refractivity contribution is 8.18. The Balaban J connectivity index is 1.47. The van der Waals surface area contributed by atoms with Gasteiger partial charge in [0.1, 0.15) is 18.1 Å². The van der Waals surface area contributed by atoms with E-state index in [2.05, 4.69) is 5.32 Å². The summed E-state index contributed by atoms with van der Waals surface area (Å²) in [5.74, 6) is -1.60. The summed E-state index contributed by atoms with van der Waals surface area (Å²) in [5.41, 5.74) is 1.05. The Hall–Kier alpha value is -3.76. The van der Waals surface area contributed by atoms with Gasteiger partial charge in [0.2, 0.25) is 5.91 Å². The van der Waals surface area contributed by atoms with E-state index in [-0.39, 0.29) is 16.2 Å². The molecule has 1 aliphatic rings. The van der Waals surface area contributed by atoms with Crippen LogP contribution in [0.2, 0.25) is 0 Å². The monoisotopic (exact) mass is 494 g/mol. The third-order valence-electron chi connectivity index (χ3n) is 4.85. The lowest BCUT2D eigenvalue weighted by atomic mass is 10.1. The summed E-state index contributed by atoms with van der Waals surface area (Å²) in [6.45, 7) is -0.416. The van der Waals surface area contributed by atoms with Gasteiger partial charge in [-0.1, -0.05) is 24.3 Å². The molecule has 3 aromatic rings. The molecule has 1 saturated heterocycles. The molecule has 0 spiro atoms. The zero-order valence-electron chi connectivity index (χ0n) is 17.8. The number of aromatic carboxylic acids is 1. The van der Waals surface area contributed by atoms with Gasteiger partial charge in [0.05, 0.1) is 10.5 Å². The molecule has 3 amide bonds. The van der Waals surface area contributed by atoms with Crippen molar-refractivity contribution in [3.05, 3.63) is 76.9 Å². The molecular formula is C24H18N2O6S2. The maximum atomic E-state index is 12.7. The predicted molar refractivity (Wildman–Crippen MR) is 131 cm³/mol. The molecule has 2 aromatic carbocycles. The van der Waals surface area contributed by atoms with Crippen molar-refractivity contribution in [3.8, 4) is 11.3 Å². The fraction of sp³-hybridized carbons (Fsp3) is 0.0833. The van der Waals surface area contributed by atoms with Crippen molar-refractivity contribution in [2.75, 3.05) is 18.1 Å². The topological polar surface area (TPSA) is 117 Å². The van der Waals surface area contributed by atoms with E-state index in [1.165, 1.54) is 23.9 Å². The molecule has 0 unspecified atom stereocenters. The van der Waals surface area contributed by atoms with Crippen molar-refractivity contribution in [2.45, 2.75) is 4.90 Å². The Morgan fingerprint density at radius 3 is 2.68 bits per heavy atom. The molecule has 2 N–H and O–H groups in total. The van der Waals surface area contributed by atoms with Crippen molar-refractivity contribution >= 4 is 58.3 Å². The van der Waals surface area contributed by atoms with Crippen molar-refractivity contribution in [1.82, 2.24) is 4.90 Å². The first-order valence-electron chi connectivity index (χ1n) is 9.97. The van der Waals surface area contributed by atoms with Gasteiger partial charge < -0.3 is 14.8 Å². The lowest BCUT2D eigenvalue weighted by Gasteiger charge is -2.12. The second-order valence-corrected chi connectivity index (χ2v) is 8.97. The predicted octanol–water partition coefficient (Wildman–Crippen LogP) is 5.04. The first-order chi connectivity index (χ1) is 16.4. The molecule has 0 atom stereocenters. The fourth-order valence-electron chi connectivity index (χ4n) is 3.27. The maximum absolute atomic E-state index is 12.7. The number of carbonyl (C=O) groups excluding carboxylic acids is 3. The van der Waals surface area contributed by atoms with Gasteiger partial charge in [-0.3, -0.25) is 19.3 Å². The number of carboxylic acids is 1. The van der Waals surface area contributed by atoms with Crippen molar-refractivity contribution < 1.29 is 28.7 Å². The van der Waals surface area contributed by atoms with E-state index in [0.29, 0.717) is 28.8 Å². The van der Waals surface area contributed by atoms with E-state index < -0.39 is 29.6 Å². The summed E-state index contributed by atoms with van der Waals surface area (Å²) in [4.78, 5) is 50.9. The Morgan fingerprint density at radius 2 is 1.91 bits per heavy atom. The zero-order chi connectivity index (χ0) is 24.2. The largest absolute Gasteiger partial charge is 0.478 e. The van der Waals surface area contributed by atoms with Crippen LogP contribution in [-0.2, 0) is 9.59 Å². The van der Waals surface area contributed by atoms with Crippen molar-refractivity contribution in [1.29, 1.82) is 0 Å². The van der Waals surface area contributed by atoms with Crippen LogP contribution >= 0.6 is 23.5 Å². The first-order valence-corrected chi connectivity index (χ1v) is 12.0. The lowest BCUT2D eigenvalue weighted by Crippen LogP contribution is -2.36. The van der Waals surface area contributed by atoms with Gasteiger partial charge in [0.15, 0.2) is 0 Å². The zero-order valence-corrected chi connectivity index (χ0v) is 19.4. The quantitative estimate of drug-likeness (QED) is 0.347. The number of thioether (sulfide) groups is 2. The van der Waals surface area contributed by atoms with Crippen molar-refractivity contribution in [2.24, 2.45) is 0 Å². The Labute approximate surface area is 203 Å². The average Bonchev–Trinajstić information content (AvgIpc) is 3.39. The summed E-state index contributed by atoms with van der Waals surface area (Å²) < 4.78 is 5.71. The Morgan fingerprint density at radius 1 is 1.12 bits per heavy atom. The highest BCUT2D eigenvalue weighted by Crippen LogP contribution is 2.34. The maximum Gasteiger partial charge on any atom is 0.336 e. The highest BCUT2D eigenvalue weighted by atomic mass is 32.2. The summed E-state index contributed by atoms with van der Waals surface area (Å²) in [7, 11) is 0. The molecule has 1 aromatic heterocycles. The Kier molecular flexibility index (Phi) is 6.90. The van der Waals surface area contributed by atoms with Crippen LogP contribution in [0.3, 0.4) is 0 Å². The van der Waals surface area contributed by atoms with E-state index in [9.17, 15) is 24.3 Å². The second kappa shape index (κ2) is 10.0. The first kappa shape index (κ1) is 23.4. The van der Waals surface area contributed by atoms with Gasteiger partial charge in [0, 0.05) is 22.2 Å². The van der Waals surface area contributed by atoms with Gasteiger partial charge >= 0.3 is 5.97 Å². The van der Waals surface area contributed by atoms with Crippen LogP contribution < -0.4 is 5.32 Å². The number of nitrogens with zero attached hydrogens (tertiary/aromatic N) is 1. The van der Waals surface area contributed by atoms with Crippen LogP contribution in [0, 0.1) is 0 Å².